The van der Waals surface area contributed by atoms with Crippen LogP contribution in [-0.4, -0.2) is 17.8 Å². The summed E-state index contributed by atoms with van der Waals surface area (Å²) < 4.78 is 0. The molecule has 142 valence electrons. The van der Waals surface area contributed by atoms with E-state index in [0.29, 0.717) is 23.4 Å². The third-order valence-electron chi connectivity index (χ3n) is 5.04. The molecule has 0 spiro atoms. The van der Waals surface area contributed by atoms with Gasteiger partial charge in [-0.1, -0.05) is 43.2 Å². The van der Waals surface area contributed by atoms with Crippen LogP contribution in [0.3, 0.4) is 0 Å². The van der Waals surface area contributed by atoms with Crippen molar-refractivity contribution < 1.29 is 19.5 Å². The molecule has 1 aromatic heterocycles. The van der Waals surface area contributed by atoms with Gasteiger partial charge >= 0.3 is 0 Å². The molecule has 3 N–H and O–H groups in total. The molecule has 0 bridgehead atoms. The van der Waals surface area contributed by atoms with Gasteiger partial charge in [-0.25, -0.2) is 0 Å². The van der Waals surface area contributed by atoms with Crippen LogP contribution in [0, 0.1) is 18.8 Å². The smallest absolute Gasteiger partial charge is 0.252 e. The second kappa shape index (κ2) is 7.92. The predicted molar refractivity (Wildman–Crippen MR) is 102 cm³/mol. The maximum atomic E-state index is 12.8. The highest BCUT2D eigenvalue weighted by Crippen LogP contribution is 2.40. The first-order valence-electron chi connectivity index (χ1n) is 8.90. The summed E-state index contributed by atoms with van der Waals surface area (Å²) in [4.78, 5) is 37.1. The molecule has 1 saturated carbocycles. The second-order valence-corrected chi connectivity index (χ2v) is 8.00. The van der Waals surface area contributed by atoms with Gasteiger partial charge in [-0.3, -0.25) is 9.59 Å². The molecule has 1 heterocycles. The van der Waals surface area contributed by atoms with Crippen LogP contribution >= 0.6 is 11.3 Å². The first-order valence-corrected chi connectivity index (χ1v) is 9.72. The number of carboxylic acids is 1. The van der Waals surface area contributed by atoms with E-state index in [4.69, 9.17) is 5.73 Å². The average molecular weight is 385 g/mol. The Kier molecular flexibility index (Phi) is 5.60. The fourth-order valence-corrected chi connectivity index (χ4v) is 4.84. The fourth-order valence-electron chi connectivity index (χ4n) is 3.75. The molecule has 0 unspecified atom stereocenters. The van der Waals surface area contributed by atoms with Crippen LogP contribution < -0.4 is 16.2 Å². The number of thiophene rings is 1. The van der Waals surface area contributed by atoms with Gasteiger partial charge in [0.05, 0.1) is 5.56 Å². The Morgan fingerprint density at radius 3 is 2.33 bits per heavy atom. The summed E-state index contributed by atoms with van der Waals surface area (Å²) in [7, 11) is 0. The molecule has 1 aliphatic carbocycles. The van der Waals surface area contributed by atoms with Gasteiger partial charge in [-0.05, 0) is 25.3 Å². The summed E-state index contributed by atoms with van der Waals surface area (Å²) in [6.45, 7) is 1.86. The van der Waals surface area contributed by atoms with E-state index >= 15 is 0 Å². The van der Waals surface area contributed by atoms with E-state index in [1.54, 1.807) is 0 Å². The Morgan fingerprint density at radius 1 is 1.11 bits per heavy atom. The number of carbonyl (C=O) groups is 3. The van der Waals surface area contributed by atoms with Gasteiger partial charge in [0, 0.05) is 28.2 Å². The summed E-state index contributed by atoms with van der Waals surface area (Å²) in [6.07, 6.45) is 2.49. The number of aryl methyl sites for hydroxylation is 1. The highest BCUT2D eigenvalue weighted by atomic mass is 32.1. The van der Waals surface area contributed by atoms with Crippen molar-refractivity contribution in [3.63, 3.8) is 0 Å². The number of amides is 2. The first-order chi connectivity index (χ1) is 12.9. The molecule has 3 rings (SSSR count). The Labute approximate surface area is 161 Å². The van der Waals surface area contributed by atoms with Crippen LogP contribution in [0.4, 0.5) is 5.00 Å². The molecule has 0 aliphatic heterocycles. The lowest BCUT2D eigenvalue weighted by atomic mass is 9.78. The van der Waals surface area contributed by atoms with Gasteiger partial charge < -0.3 is 21.0 Å². The van der Waals surface area contributed by atoms with Gasteiger partial charge in [-0.2, -0.15) is 0 Å². The standard InChI is InChI=1S/C20H22N2O4S/c1-11-15(12-7-3-2-4-8-12)16(17(21)23)19(27-11)22-18(24)13-9-5-6-10-14(13)20(25)26/h2-4,7-8,13-14H,5-6,9-10H2,1H3,(H2,21,23)(H,22,24)(H,25,26)/p-1/t13-,14+/m0/s1. The predicted octanol–water partition coefficient (Wildman–Crippen LogP) is 2.32. The molecule has 0 saturated heterocycles. The number of hydrogen-bond donors (Lipinski definition) is 2. The lowest BCUT2D eigenvalue weighted by Crippen LogP contribution is -2.42. The van der Waals surface area contributed by atoms with Crippen molar-refractivity contribution >= 4 is 34.1 Å². The van der Waals surface area contributed by atoms with Crippen LogP contribution in [0.2, 0.25) is 0 Å². The quantitative estimate of drug-likeness (QED) is 0.822. The molecule has 6 nitrogen and oxygen atoms in total. The zero-order valence-electron chi connectivity index (χ0n) is 15.0. The summed E-state index contributed by atoms with van der Waals surface area (Å²) in [5, 5.41) is 14.5. The van der Waals surface area contributed by atoms with Gasteiger partial charge in [-0.15, -0.1) is 11.3 Å². The highest BCUT2D eigenvalue weighted by Gasteiger charge is 2.33. The van der Waals surface area contributed by atoms with Crippen molar-refractivity contribution in [1.82, 2.24) is 0 Å². The lowest BCUT2D eigenvalue weighted by molar-refractivity contribution is -0.313. The molecular weight excluding hydrogens is 364 g/mol. The number of carbonyl (C=O) groups excluding carboxylic acids is 3. The van der Waals surface area contributed by atoms with Gasteiger partial charge in [0.2, 0.25) is 5.91 Å². The van der Waals surface area contributed by atoms with Crippen molar-refractivity contribution in [2.24, 2.45) is 17.6 Å². The Balaban J connectivity index is 1.94. The van der Waals surface area contributed by atoms with E-state index in [-0.39, 0.29) is 5.56 Å². The summed E-state index contributed by atoms with van der Waals surface area (Å²) >= 11 is 1.27. The van der Waals surface area contributed by atoms with Crippen LogP contribution in [0.5, 0.6) is 0 Å². The molecule has 0 radical (unpaired) electrons. The molecule has 2 atom stereocenters. The van der Waals surface area contributed by atoms with Crippen molar-refractivity contribution in [3.8, 4) is 11.1 Å². The number of carboxylic acid groups (broad SMARTS) is 1. The molecule has 1 aromatic carbocycles. The summed E-state index contributed by atoms with van der Waals surface area (Å²) in [5.74, 6) is -3.68. The Bertz CT molecular complexity index is 876. The number of nitrogens with one attached hydrogen (secondary N) is 1. The third kappa shape index (κ3) is 3.88. The summed E-state index contributed by atoms with van der Waals surface area (Å²) in [6, 6.07) is 9.35. The number of anilines is 1. The van der Waals surface area contributed by atoms with E-state index in [1.807, 2.05) is 37.3 Å². The highest BCUT2D eigenvalue weighted by molar-refractivity contribution is 7.17. The molecule has 2 aromatic rings. The molecule has 1 aliphatic rings. The number of rotatable bonds is 5. The fraction of sp³-hybridized carbons (Fsp3) is 0.350. The van der Waals surface area contributed by atoms with Crippen LogP contribution in [0.1, 0.15) is 40.9 Å². The molecule has 1 fully saturated rings. The van der Waals surface area contributed by atoms with Crippen molar-refractivity contribution in [2.45, 2.75) is 32.6 Å². The first kappa shape index (κ1) is 19.1. The number of benzene rings is 1. The second-order valence-electron chi connectivity index (χ2n) is 6.77. The maximum Gasteiger partial charge on any atom is 0.252 e. The van der Waals surface area contributed by atoms with E-state index in [2.05, 4.69) is 5.32 Å². The average Bonchev–Trinajstić information content (AvgIpc) is 2.98. The topological polar surface area (TPSA) is 112 Å². The molecular formula is C20H21N2O4S-. The monoisotopic (exact) mass is 385 g/mol. The van der Waals surface area contributed by atoms with Crippen molar-refractivity contribution in [1.29, 1.82) is 0 Å². The normalized spacial score (nSPS) is 19.4. The minimum Gasteiger partial charge on any atom is -0.550 e. The lowest BCUT2D eigenvalue weighted by Gasteiger charge is -2.31. The minimum absolute atomic E-state index is 0.262. The largest absolute Gasteiger partial charge is 0.550 e. The third-order valence-corrected chi connectivity index (χ3v) is 6.06. The van der Waals surface area contributed by atoms with Crippen LogP contribution in [0.15, 0.2) is 30.3 Å². The summed E-state index contributed by atoms with van der Waals surface area (Å²) in [5.41, 5.74) is 7.41. The Hall–Kier alpha value is -2.67. The number of aliphatic carboxylic acids is 1. The number of hydrogen-bond acceptors (Lipinski definition) is 5. The minimum atomic E-state index is -1.20. The van der Waals surface area contributed by atoms with E-state index in [1.165, 1.54) is 11.3 Å². The van der Waals surface area contributed by atoms with E-state index in [0.717, 1.165) is 23.3 Å². The van der Waals surface area contributed by atoms with Gasteiger partial charge in [0.1, 0.15) is 5.00 Å². The van der Waals surface area contributed by atoms with E-state index in [9.17, 15) is 19.5 Å². The number of primary amides is 1. The van der Waals surface area contributed by atoms with Crippen LogP contribution in [-0.2, 0) is 9.59 Å². The SMILES string of the molecule is Cc1sc(NC(=O)[C@H]2CCCC[C@H]2C(=O)[O-])c(C(N)=O)c1-c1ccccc1. The van der Waals surface area contributed by atoms with Crippen molar-refractivity contribution in [2.75, 3.05) is 5.32 Å². The van der Waals surface area contributed by atoms with E-state index < -0.39 is 29.6 Å². The zero-order chi connectivity index (χ0) is 19.6. The zero-order valence-corrected chi connectivity index (χ0v) is 15.8. The Morgan fingerprint density at radius 2 is 1.74 bits per heavy atom. The number of nitrogens with two attached hydrogens (primary N) is 1. The maximum absolute atomic E-state index is 12.8. The molecule has 27 heavy (non-hydrogen) atoms. The van der Waals surface area contributed by atoms with Crippen molar-refractivity contribution in [3.05, 3.63) is 40.8 Å². The van der Waals surface area contributed by atoms with Gasteiger partial charge in [0.15, 0.2) is 0 Å². The molecule has 7 heteroatoms. The molecule has 2 amide bonds. The van der Waals surface area contributed by atoms with Crippen LogP contribution in [0.25, 0.3) is 11.1 Å². The van der Waals surface area contributed by atoms with Gasteiger partial charge in [0.25, 0.3) is 5.91 Å².